The van der Waals surface area contributed by atoms with E-state index in [1.165, 1.54) is 0 Å². The molecule has 0 spiro atoms. The number of hydrogen-bond acceptors (Lipinski definition) is 0. The minimum Gasteiger partial charge on any atom is -0.106 e. The van der Waals surface area contributed by atoms with Gasteiger partial charge in [0.05, 0.1) is 0 Å². The van der Waals surface area contributed by atoms with Gasteiger partial charge in [0, 0.05) is 0 Å². The van der Waals surface area contributed by atoms with Gasteiger partial charge in [-0.05, 0) is 20.3 Å². The first-order valence-corrected chi connectivity index (χ1v) is 3.51. The summed E-state index contributed by atoms with van der Waals surface area (Å²) in [5.74, 6) is 0. The Morgan fingerprint density at radius 1 is 1.20 bits per heavy atom. The van der Waals surface area contributed by atoms with Crippen LogP contribution in [0.3, 0.4) is 0 Å². The third kappa shape index (κ3) is 188. The molecule has 10 heavy (non-hydrogen) atoms. The molecule has 0 heteroatoms. The molecule has 0 unspecified atom stereocenters. The summed E-state index contributed by atoms with van der Waals surface area (Å²) in [7, 11) is 0. The number of allylic oxidation sites excluding steroid dienone is 3. The van der Waals surface area contributed by atoms with E-state index in [4.69, 9.17) is 0 Å². The quantitative estimate of drug-likeness (QED) is 0.483. The van der Waals surface area contributed by atoms with Crippen molar-refractivity contribution in [3.8, 4) is 0 Å². The smallest absolute Gasteiger partial charge is 0.0379 e. The Morgan fingerprint density at radius 3 is 1.50 bits per heavy atom. The van der Waals surface area contributed by atoms with Crippen LogP contribution in [0.4, 0.5) is 0 Å². The minimum atomic E-state index is 1.16. The van der Waals surface area contributed by atoms with Crippen molar-refractivity contribution in [2.45, 2.75) is 27.2 Å². The lowest BCUT2D eigenvalue weighted by molar-refractivity contribution is 1.22. The maximum absolute atomic E-state index is 3.36. The van der Waals surface area contributed by atoms with Gasteiger partial charge in [0.25, 0.3) is 0 Å². The maximum Gasteiger partial charge on any atom is -0.0379 e. The predicted molar refractivity (Wildman–Crippen MR) is 52.2 cm³/mol. The average Bonchev–Trinajstić information content (AvgIpc) is 1.96. The molecule has 0 aliphatic carbocycles. The highest BCUT2D eigenvalue weighted by atomic mass is 13.6. The molecule has 0 heterocycles. The van der Waals surface area contributed by atoms with Gasteiger partial charge < -0.3 is 0 Å². The topological polar surface area (TPSA) is 0 Å². The molecular weight excluding hydrogens is 120 g/mol. The first kappa shape index (κ1) is 16.1. The van der Waals surface area contributed by atoms with Gasteiger partial charge in [-0.1, -0.05) is 25.2 Å². The van der Waals surface area contributed by atoms with Crippen molar-refractivity contribution in [1.82, 2.24) is 0 Å². The Kier molecular flexibility index (Phi) is 66.5. The summed E-state index contributed by atoms with van der Waals surface area (Å²) in [6.45, 7) is 15.4. The molecule has 0 saturated carbocycles. The molecular formula is C10H20. The van der Waals surface area contributed by atoms with E-state index in [1.807, 2.05) is 13.8 Å². The molecule has 0 aromatic carbocycles. The highest BCUT2D eigenvalue weighted by molar-refractivity contribution is 4.73. The van der Waals surface area contributed by atoms with Crippen molar-refractivity contribution in [3.63, 3.8) is 0 Å². The minimum absolute atomic E-state index is 1.16. The summed E-state index contributed by atoms with van der Waals surface area (Å²) in [5.41, 5.74) is 0. The van der Waals surface area contributed by atoms with E-state index in [0.717, 1.165) is 6.42 Å². The Hall–Kier alpha value is -0.780. The highest BCUT2D eigenvalue weighted by Gasteiger charge is 1.52. The third-order valence-corrected chi connectivity index (χ3v) is 0.471. The molecule has 0 nitrogen and oxygen atoms in total. The molecule has 0 aliphatic rings. The van der Waals surface area contributed by atoms with Crippen LogP contribution in [0.15, 0.2) is 38.0 Å². The second kappa shape index (κ2) is 41.3. The fourth-order valence-corrected chi connectivity index (χ4v) is 0.236. The molecule has 0 saturated heterocycles. The Balaban J connectivity index is -0.0000000847. The molecule has 0 radical (unpaired) electrons. The van der Waals surface area contributed by atoms with E-state index in [0.29, 0.717) is 0 Å². The molecule has 0 amide bonds. The van der Waals surface area contributed by atoms with E-state index in [1.54, 1.807) is 6.08 Å². The summed E-state index contributed by atoms with van der Waals surface area (Å²) in [5, 5.41) is 0. The predicted octanol–water partition coefficient (Wildman–Crippen LogP) is 3.97. The lowest BCUT2D eigenvalue weighted by Gasteiger charge is -1.65. The summed E-state index contributed by atoms with van der Waals surface area (Å²) in [4.78, 5) is 0. The van der Waals surface area contributed by atoms with Crippen LogP contribution in [0.1, 0.15) is 27.2 Å². The van der Waals surface area contributed by atoms with Crippen LogP contribution < -0.4 is 0 Å². The molecule has 0 aromatic rings. The standard InChI is InChI=1S/C5H10.C3H6.C2H4/c1-3-5-4-2;1-3-2;1-2/h3,5H,4H2,1-2H3;3H,1H2,2H3;1-2H2/b5-3+;;. The molecule has 0 aromatic heterocycles. The lowest BCUT2D eigenvalue weighted by atomic mass is 10.4. The first-order chi connectivity index (χ1) is 4.83. The monoisotopic (exact) mass is 140 g/mol. The molecule has 0 bridgehead atoms. The van der Waals surface area contributed by atoms with Crippen LogP contribution >= 0.6 is 0 Å². The zero-order valence-electron chi connectivity index (χ0n) is 7.56. The lowest BCUT2D eigenvalue weighted by Crippen LogP contribution is -1.43. The van der Waals surface area contributed by atoms with Crippen LogP contribution in [0.2, 0.25) is 0 Å². The summed E-state index contributed by atoms with van der Waals surface area (Å²) in [6, 6.07) is 0. The fourth-order valence-electron chi connectivity index (χ4n) is 0.236. The molecule has 60 valence electrons. The van der Waals surface area contributed by atoms with E-state index < -0.39 is 0 Å². The highest BCUT2D eigenvalue weighted by Crippen LogP contribution is 1.73. The number of hydrogen-bond donors (Lipinski definition) is 0. The van der Waals surface area contributed by atoms with E-state index in [9.17, 15) is 0 Å². The van der Waals surface area contributed by atoms with Gasteiger partial charge in [-0.2, -0.15) is 0 Å². The summed E-state index contributed by atoms with van der Waals surface area (Å²) < 4.78 is 0. The Labute approximate surface area is 66.0 Å². The van der Waals surface area contributed by atoms with Crippen LogP contribution in [-0.4, -0.2) is 0 Å². The van der Waals surface area contributed by atoms with E-state index in [2.05, 4.69) is 38.8 Å². The largest absolute Gasteiger partial charge is 0.106 e. The van der Waals surface area contributed by atoms with Gasteiger partial charge in [0.15, 0.2) is 0 Å². The molecule has 0 atom stereocenters. The third-order valence-electron chi connectivity index (χ3n) is 0.471. The van der Waals surface area contributed by atoms with Gasteiger partial charge in [0.1, 0.15) is 0 Å². The van der Waals surface area contributed by atoms with Gasteiger partial charge in [-0.25, -0.2) is 0 Å². The fraction of sp³-hybridized carbons (Fsp3) is 0.400. The summed E-state index contributed by atoms with van der Waals surface area (Å²) >= 11 is 0. The van der Waals surface area contributed by atoms with Crippen molar-refractivity contribution in [3.05, 3.63) is 38.0 Å². The van der Waals surface area contributed by atoms with Crippen LogP contribution in [0, 0.1) is 0 Å². The zero-order valence-corrected chi connectivity index (χ0v) is 7.56. The van der Waals surface area contributed by atoms with Crippen molar-refractivity contribution >= 4 is 0 Å². The van der Waals surface area contributed by atoms with Gasteiger partial charge in [0.2, 0.25) is 0 Å². The molecule has 0 fully saturated rings. The van der Waals surface area contributed by atoms with Crippen molar-refractivity contribution in [1.29, 1.82) is 0 Å². The van der Waals surface area contributed by atoms with Gasteiger partial charge in [-0.3, -0.25) is 0 Å². The summed E-state index contributed by atoms with van der Waals surface area (Å²) in [6.07, 6.45) is 7.09. The Bertz CT molecular complexity index is 60.4. The van der Waals surface area contributed by atoms with Crippen LogP contribution in [0.25, 0.3) is 0 Å². The van der Waals surface area contributed by atoms with Crippen molar-refractivity contribution < 1.29 is 0 Å². The van der Waals surface area contributed by atoms with Crippen molar-refractivity contribution in [2.24, 2.45) is 0 Å². The zero-order chi connectivity index (χ0) is 8.83. The van der Waals surface area contributed by atoms with Crippen LogP contribution in [-0.2, 0) is 0 Å². The Morgan fingerprint density at radius 2 is 1.50 bits per heavy atom. The van der Waals surface area contributed by atoms with E-state index >= 15 is 0 Å². The molecule has 0 aliphatic heterocycles. The van der Waals surface area contributed by atoms with Crippen LogP contribution in [0.5, 0.6) is 0 Å². The van der Waals surface area contributed by atoms with Gasteiger partial charge >= 0.3 is 0 Å². The second-order valence-corrected chi connectivity index (χ2v) is 1.39. The second-order valence-electron chi connectivity index (χ2n) is 1.39. The average molecular weight is 140 g/mol. The SMILES string of the molecule is C/C=C/CC.C=C.C=CC. The maximum atomic E-state index is 3.36. The molecule has 0 N–H and O–H groups in total. The van der Waals surface area contributed by atoms with E-state index in [-0.39, 0.29) is 0 Å². The normalized spacial score (nSPS) is 6.70. The van der Waals surface area contributed by atoms with Crippen molar-refractivity contribution in [2.75, 3.05) is 0 Å². The molecule has 0 rings (SSSR count). The first-order valence-electron chi connectivity index (χ1n) is 3.51. The number of rotatable bonds is 1. The van der Waals surface area contributed by atoms with Gasteiger partial charge in [-0.15, -0.1) is 19.7 Å².